The van der Waals surface area contributed by atoms with Crippen LogP contribution in [0.15, 0.2) is 35.5 Å². The Labute approximate surface area is 115 Å². The van der Waals surface area contributed by atoms with Crippen molar-refractivity contribution in [2.75, 3.05) is 6.54 Å². The van der Waals surface area contributed by atoms with Crippen LogP contribution in [-0.4, -0.2) is 12.1 Å². The van der Waals surface area contributed by atoms with Crippen molar-refractivity contribution in [1.82, 2.24) is 5.32 Å². The maximum atomic E-state index is 8.15. The predicted molar refractivity (Wildman–Crippen MR) is 80.7 cm³/mol. The van der Waals surface area contributed by atoms with Crippen LogP contribution in [0.3, 0.4) is 0 Å². The Morgan fingerprint density at radius 3 is 2.53 bits per heavy atom. The van der Waals surface area contributed by atoms with E-state index in [4.69, 9.17) is 5.53 Å². The van der Waals surface area contributed by atoms with E-state index in [1.54, 1.807) is 0 Å². The van der Waals surface area contributed by atoms with Gasteiger partial charge in [0.2, 0.25) is 0 Å². The predicted octanol–water partition coefficient (Wildman–Crippen LogP) is 4.29. The van der Waals surface area contributed by atoms with Crippen LogP contribution in [-0.2, 0) is 6.54 Å². The van der Waals surface area contributed by atoms with Crippen LogP contribution in [0, 0.1) is 0 Å². The molecule has 19 heavy (non-hydrogen) atoms. The van der Waals surface area contributed by atoms with Gasteiger partial charge in [0.1, 0.15) is 0 Å². The largest absolute Gasteiger partial charge is 0.308 e. The summed E-state index contributed by atoms with van der Waals surface area (Å²) in [5, 5.41) is 6.94. The second-order valence-electron chi connectivity index (χ2n) is 5.49. The molecule has 0 heterocycles. The molecule has 0 atom stereocenters. The van der Waals surface area contributed by atoms with Crippen molar-refractivity contribution in [2.24, 2.45) is 5.11 Å². The normalized spacial score (nSPS) is 11.5. The van der Waals surface area contributed by atoms with E-state index >= 15 is 0 Å². The number of rotatable bonds is 6. The van der Waals surface area contributed by atoms with Crippen molar-refractivity contribution >= 4 is 6.08 Å². The fourth-order valence-electron chi connectivity index (χ4n) is 1.51. The molecule has 0 spiro atoms. The van der Waals surface area contributed by atoms with E-state index in [0.29, 0.717) is 6.54 Å². The van der Waals surface area contributed by atoms with E-state index in [1.165, 1.54) is 11.1 Å². The van der Waals surface area contributed by atoms with Gasteiger partial charge in [-0.2, -0.15) is 0 Å². The van der Waals surface area contributed by atoms with Crippen molar-refractivity contribution in [1.29, 1.82) is 0 Å². The Bertz CT molecular complexity index is 448. The first-order valence-electron chi connectivity index (χ1n) is 6.52. The summed E-state index contributed by atoms with van der Waals surface area (Å²) < 4.78 is 0. The van der Waals surface area contributed by atoms with Crippen LogP contribution >= 0.6 is 0 Å². The SMILES string of the molecule is CC(C)(C)NCc1ccc(C=CCCN=[N+]=[N-])cc1. The topological polar surface area (TPSA) is 60.8 Å². The number of nitrogens with one attached hydrogen (secondary N) is 1. The molecule has 0 aliphatic heterocycles. The minimum Gasteiger partial charge on any atom is -0.308 e. The molecule has 0 aliphatic carbocycles. The monoisotopic (exact) mass is 258 g/mol. The first-order valence-corrected chi connectivity index (χ1v) is 6.52. The van der Waals surface area contributed by atoms with Gasteiger partial charge in [-0.25, -0.2) is 0 Å². The van der Waals surface area contributed by atoms with Crippen molar-refractivity contribution < 1.29 is 0 Å². The molecule has 1 aromatic rings. The number of hydrogen-bond acceptors (Lipinski definition) is 2. The van der Waals surface area contributed by atoms with Gasteiger partial charge in [0, 0.05) is 23.5 Å². The molecule has 0 radical (unpaired) electrons. The average molecular weight is 258 g/mol. The van der Waals surface area contributed by atoms with E-state index in [-0.39, 0.29) is 5.54 Å². The summed E-state index contributed by atoms with van der Waals surface area (Å²) in [6.45, 7) is 7.88. The average Bonchev–Trinajstić information content (AvgIpc) is 2.37. The third-order valence-electron chi connectivity index (χ3n) is 2.57. The van der Waals surface area contributed by atoms with E-state index < -0.39 is 0 Å². The molecule has 1 rings (SSSR count). The summed E-state index contributed by atoms with van der Waals surface area (Å²) in [6.07, 6.45) is 4.85. The summed E-state index contributed by atoms with van der Waals surface area (Å²) >= 11 is 0. The highest BCUT2D eigenvalue weighted by atomic mass is 15.1. The van der Waals surface area contributed by atoms with Crippen molar-refractivity contribution in [3.63, 3.8) is 0 Å². The molecule has 1 aromatic carbocycles. The van der Waals surface area contributed by atoms with Crippen LogP contribution in [0.1, 0.15) is 38.3 Å². The van der Waals surface area contributed by atoms with Gasteiger partial charge < -0.3 is 5.32 Å². The summed E-state index contributed by atoms with van der Waals surface area (Å²) in [5.41, 5.74) is 10.7. The Morgan fingerprint density at radius 1 is 1.26 bits per heavy atom. The zero-order chi connectivity index (χ0) is 14.1. The third kappa shape index (κ3) is 7.29. The highest BCUT2D eigenvalue weighted by Crippen LogP contribution is 2.08. The van der Waals surface area contributed by atoms with Crippen LogP contribution < -0.4 is 5.32 Å². The summed E-state index contributed by atoms with van der Waals surface area (Å²) in [7, 11) is 0. The molecule has 0 saturated heterocycles. The summed E-state index contributed by atoms with van der Waals surface area (Å²) in [5.74, 6) is 0. The van der Waals surface area contributed by atoms with Crippen LogP contribution in [0.2, 0.25) is 0 Å². The lowest BCUT2D eigenvalue weighted by atomic mass is 10.1. The van der Waals surface area contributed by atoms with Gasteiger partial charge in [-0.05, 0) is 43.9 Å². The Hall–Kier alpha value is -1.77. The number of benzene rings is 1. The number of hydrogen-bond donors (Lipinski definition) is 1. The lowest BCUT2D eigenvalue weighted by Crippen LogP contribution is -2.35. The molecule has 1 N–H and O–H groups in total. The highest BCUT2D eigenvalue weighted by Gasteiger charge is 2.07. The third-order valence-corrected chi connectivity index (χ3v) is 2.57. The van der Waals surface area contributed by atoms with Gasteiger partial charge >= 0.3 is 0 Å². The molecular formula is C15H22N4. The second kappa shape index (κ2) is 7.62. The van der Waals surface area contributed by atoms with E-state index in [0.717, 1.165) is 13.0 Å². The van der Waals surface area contributed by atoms with E-state index in [2.05, 4.69) is 60.4 Å². The Kier molecular flexibility index (Phi) is 6.13. The molecule has 0 unspecified atom stereocenters. The van der Waals surface area contributed by atoms with E-state index in [1.807, 2.05) is 12.2 Å². The standard InChI is InChI=1S/C15H22N4/c1-15(2,3)17-12-14-9-7-13(8-10-14)6-4-5-11-18-19-16/h4,6-10,17H,5,11-12H2,1-3H3. The van der Waals surface area contributed by atoms with Gasteiger partial charge in [0.25, 0.3) is 0 Å². The number of azide groups is 1. The fraction of sp³-hybridized carbons (Fsp3) is 0.467. The molecule has 4 nitrogen and oxygen atoms in total. The van der Waals surface area contributed by atoms with Gasteiger partial charge in [-0.15, -0.1) is 0 Å². The highest BCUT2D eigenvalue weighted by molar-refractivity contribution is 5.49. The van der Waals surface area contributed by atoms with Crippen LogP contribution in [0.5, 0.6) is 0 Å². The molecule has 0 bridgehead atoms. The second-order valence-corrected chi connectivity index (χ2v) is 5.49. The zero-order valence-electron chi connectivity index (χ0n) is 11.9. The smallest absolute Gasteiger partial charge is 0.0292 e. The fourth-order valence-corrected chi connectivity index (χ4v) is 1.51. The van der Waals surface area contributed by atoms with Crippen molar-refractivity contribution in [2.45, 2.75) is 39.3 Å². The molecule has 0 fully saturated rings. The first kappa shape index (κ1) is 15.3. The maximum Gasteiger partial charge on any atom is 0.0292 e. The Morgan fingerprint density at radius 2 is 1.95 bits per heavy atom. The quantitative estimate of drug-likeness (QED) is 0.352. The lowest BCUT2D eigenvalue weighted by Gasteiger charge is -2.20. The van der Waals surface area contributed by atoms with Gasteiger partial charge in [-0.1, -0.05) is 41.5 Å². The van der Waals surface area contributed by atoms with Crippen molar-refractivity contribution in [3.05, 3.63) is 51.9 Å². The minimum atomic E-state index is 0.139. The molecule has 0 aromatic heterocycles. The molecule has 102 valence electrons. The molecule has 0 saturated carbocycles. The van der Waals surface area contributed by atoms with Gasteiger partial charge in [0.15, 0.2) is 0 Å². The molecular weight excluding hydrogens is 236 g/mol. The van der Waals surface area contributed by atoms with Crippen LogP contribution in [0.4, 0.5) is 0 Å². The van der Waals surface area contributed by atoms with E-state index in [9.17, 15) is 0 Å². The van der Waals surface area contributed by atoms with Gasteiger partial charge in [0.05, 0.1) is 0 Å². The molecule has 0 aliphatic rings. The lowest BCUT2D eigenvalue weighted by molar-refractivity contribution is 0.424. The maximum absolute atomic E-state index is 8.15. The summed E-state index contributed by atoms with van der Waals surface area (Å²) in [6, 6.07) is 8.46. The number of nitrogens with zero attached hydrogens (tertiary/aromatic N) is 3. The summed E-state index contributed by atoms with van der Waals surface area (Å²) in [4.78, 5) is 2.72. The Balaban J connectivity index is 2.45. The first-order chi connectivity index (χ1) is 9.01. The van der Waals surface area contributed by atoms with Gasteiger partial charge in [-0.3, -0.25) is 0 Å². The molecule has 4 heteroatoms. The van der Waals surface area contributed by atoms with Crippen molar-refractivity contribution in [3.8, 4) is 0 Å². The zero-order valence-corrected chi connectivity index (χ0v) is 11.9. The van der Waals surface area contributed by atoms with Crippen LogP contribution in [0.25, 0.3) is 16.5 Å². The molecule has 0 amide bonds. The minimum absolute atomic E-state index is 0.139.